The number of para-hydroxylation sites is 2. The van der Waals surface area contributed by atoms with Crippen LogP contribution in [0.25, 0.3) is 0 Å². The molecule has 0 saturated heterocycles. The fraction of sp³-hybridized carbons (Fsp3) is 0.333. The van der Waals surface area contributed by atoms with Gasteiger partial charge in [-0.15, -0.1) is 0 Å². The Bertz CT molecular complexity index is 419. The van der Waals surface area contributed by atoms with Gasteiger partial charge in [0.2, 0.25) is 5.91 Å². The molecule has 0 atom stereocenters. The summed E-state index contributed by atoms with van der Waals surface area (Å²) in [5, 5.41) is 10.9. The fourth-order valence-corrected chi connectivity index (χ4v) is 1.27. The molecule has 2 N–H and O–H groups in total. The third-order valence-corrected chi connectivity index (χ3v) is 1.92. The van der Waals surface area contributed by atoms with Crippen LogP contribution in [0.1, 0.15) is 6.92 Å². The maximum Gasteiger partial charge on any atom is 0.329 e. The Labute approximate surface area is 105 Å². The second kappa shape index (κ2) is 7.29. The number of carbonyl (C=O) groups is 2. The highest BCUT2D eigenvalue weighted by Gasteiger charge is 2.08. The van der Waals surface area contributed by atoms with Gasteiger partial charge in [-0.25, -0.2) is 4.79 Å². The lowest BCUT2D eigenvalue weighted by Gasteiger charge is -2.10. The van der Waals surface area contributed by atoms with Crippen LogP contribution >= 0.6 is 0 Å². The molecule has 0 aromatic heterocycles. The maximum absolute atomic E-state index is 11.5. The Morgan fingerprint density at radius 2 is 2.00 bits per heavy atom. The maximum atomic E-state index is 11.5. The highest BCUT2D eigenvalue weighted by Crippen LogP contribution is 2.23. The Hall–Kier alpha value is -2.08. The Balaban J connectivity index is 2.50. The zero-order valence-corrected chi connectivity index (χ0v) is 10.0. The molecule has 0 aliphatic carbocycles. The van der Waals surface area contributed by atoms with Crippen molar-refractivity contribution in [3.05, 3.63) is 24.3 Å². The Kier molecular flexibility index (Phi) is 5.66. The summed E-state index contributed by atoms with van der Waals surface area (Å²) in [5.41, 5.74) is 0.531. The van der Waals surface area contributed by atoms with Crippen LogP contribution in [0.3, 0.4) is 0 Å². The highest BCUT2D eigenvalue weighted by atomic mass is 16.5. The predicted octanol–water partition coefficient (Wildman–Crippen LogP) is 1.12. The summed E-state index contributed by atoms with van der Waals surface area (Å²) < 4.78 is 10.0. The molecule has 0 saturated carbocycles. The van der Waals surface area contributed by atoms with Gasteiger partial charge >= 0.3 is 5.97 Å². The zero-order valence-electron chi connectivity index (χ0n) is 10.0. The van der Waals surface area contributed by atoms with Crippen molar-refractivity contribution < 1.29 is 24.2 Å². The zero-order chi connectivity index (χ0) is 13.4. The molecule has 0 unspecified atom stereocenters. The minimum atomic E-state index is -1.11. The van der Waals surface area contributed by atoms with Gasteiger partial charge in [-0.1, -0.05) is 12.1 Å². The number of hydrogen-bond acceptors (Lipinski definition) is 4. The number of anilines is 1. The lowest BCUT2D eigenvalue weighted by molar-refractivity contribution is -0.143. The van der Waals surface area contributed by atoms with E-state index in [1.807, 2.05) is 6.92 Å². The molecule has 0 radical (unpaired) electrons. The third kappa shape index (κ3) is 4.84. The second-order valence-electron chi connectivity index (χ2n) is 3.36. The molecule has 98 valence electrons. The van der Waals surface area contributed by atoms with Crippen molar-refractivity contribution in [1.82, 2.24) is 0 Å². The van der Waals surface area contributed by atoms with Crippen LogP contribution in [0.4, 0.5) is 5.69 Å². The van der Waals surface area contributed by atoms with Gasteiger partial charge in [0.05, 0.1) is 12.3 Å². The fourth-order valence-electron chi connectivity index (χ4n) is 1.27. The summed E-state index contributed by atoms with van der Waals surface area (Å²) in [6, 6.07) is 6.98. The topological polar surface area (TPSA) is 84.9 Å². The normalized spacial score (nSPS) is 9.83. The van der Waals surface area contributed by atoms with Gasteiger partial charge < -0.3 is 19.9 Å². The molecule has 6 nitrogen and oxygen atoms in total. The molecule has 18 heavy (non-hydrogen) atoms. The standard InChI is InChI=1S/C12H15NO5/c1-2-18-10-6-4-3-5-9(10)13-11(14)7-17-8-12(15)16/h3-6H,2,7-8H2,1H3,(H,13,14)(H,15,16). The van der Waals surface area contributed by atoms with Crippen LogP contribution in [0.2, 0.25) is 0 Å². The van der Waals surface area contributed by atoms with E-state index in [0.717, 1.165) is 0 Å². The molecule has 1 rings (SSSR count). The quantitative estimate of drug-likeness (QED) is 0.760. The molecule has 0 heterocycles. The highest BCUT2D eigenvalue weighted by molar-refractivity contribution is 5.93. The van der Waals surface area contributed by atoms with Crippen molar-refractivity contribution in [3.63, 3.8) is 0 Å². The largest absolute Gasteiger partial charge is 0.492 e. The minimum Gasteiger partial charge on any atom is -0.492 e. The second-order valence-corrected chi connectivity index (χ2v) is 3.36. The number of benzene rings is 1. The average molecular weight is 253 g/mol. The van der Waals surface area contributed by atoms with E-state index in [-0.39, 0.29) is 6.61 Å². The molecular formula is C12H15NO5. The monoisotopic (exact) mass is 253 g/mol. The number of amides is 1. The van der Waals surface area contributed by atoms with Crippen LogP contribution < -0.4 is 10.1 Å². The average Bonchev–Trinajstić information content (AvgIpc) is 2.31. The molecule has 1 aromatic rings. The van der Waals surface area contributed by atoms with Crippen molar-refractivity contribution in [2.24, 2.45) is 0 Å². The van der Waals surface area contributed by atoms with Gasteiger partial charge in [-0.05, 0) is 19.1 Å². The van der Waals surface area contributed by atoms with Crippen molar-refractivity contribution >= 4 is 17.6 Å². The first-order chi connectivity index (χ1) is 8.63. The molecule has 0 bridgehead atoms. The first kappa shape index (κ1) is 14.0. The molecule has 6 heteroatoms. The van der Waals surface area contributed by atoms with Gasteiger partial charge in [-0.3, -0.25) is 4.79 Å². The van der Waals surface area contributed by atoms with Crippen molar-refractivity contribution in [2.75, 3.05) is 25.1 Å². The molecule has 0 fully saturated rings. The van der Waals surface area contributed by atoms with Crippen molar-refractivity contribution in [3.8, 4) is 5.75 Å². The van der Waals surface area contributed by atoms with E-state index in [1.54, 1.807) is 24.3 Å². The van der Waals surface area contributed by atoms with E-state index in [4.69, 9.17) is 9.84 Å². The smallest absolute Gasteiger partial charge is 0.329 e. The number of carboxylic acid groups (broad SMARTS) is 1. The number of carboxylic acids is 1. The summed E-state index contributed by atoms with van der Waals surface area (Å²) in [5.74, 6) is -0.979. The van der Waals surface area contributed by atoms with Crippen LogP contribution in [-0.2, 0) is 14.3 Å². The van der Waals surface area contributed by atoms with Gasteiger partial charge in [0, 0.05) is 0 Å². The number of hydrogen-bond donors (Lipinski definition) is 2. The minimum absolute atomic E-state index is 0.313. The van der Waals surface area contributed by atoms with Crippen molar-refractivity contribution in [1.29, 1.82) is 0 Å². The molecule has 1 amide bonds. The van der Waals surface area contributed by atoms with Crippen LogP contribution in [0.5, 0.6) is 5.75 Å². The SMILES string of the molecule is CCOc1ccccc1NC(=O)COCC(=O)O. The van der Waals surface area contributed by atoms with Gasteiger partial charge in [0.15, 0.2) is 0 Å². The number of aliphatic carboxylic acids is 1. The van der Waals surface area contributed by atoms with Crippen molar-refractivity contribution in [2.45, 2.75) is 6.92 Å². The molecule has 1 aromatic carbocycles. The molecule has 0 aliphatic rings. The van der Waals surface area contributed by atoms with Gasteiger partial charge in [0.25, 0.3) is 0 Å². The first-order valence-electron chi connectivity index (χ1n) is 5.44. The Morgan fingerprint density at radius 1 is 1.28 bits per heavy atom. The Morgan fingerprint density at radius 3 is 2.67 bits per heavy atom. The number of carbonyl (C=O) groups excluding carboxylic acids is 1. The summed E-state index contributed by atoms with van der Waals surface area (Å²) in [6.45, 7) is 1.52. The van der Waals surface area contributed by atoms with Crippen LogP contribution in [0, 0.1) is 0 Å². The van der Waals surface area contributed by atoms with Gasteiger partial charge in [-0.2, -0.15) is 0 Å². The lowest BCUT2D eigenvalue weighted by Crippen LogP contribution is -2.21. The number of ether oxygens (including phenoxy) is 2. The molecular weight excluding hydrogens is 238 g/mol. The first-order valence-corrected chi connectivity index (χ1v) is 5.44. The lowest BCUT2D eigenvalue weighted by atomic mass is 10.3. The van der Waals surface area contributed by atoms with Crippen LogP contribution in [-0.4, -0.2) is 36.8 Å². The molecule has 0 spiro atoms. The summed E-state index contributed by atoms with van der Waals surface area (Å²) in [4.78, 5) is 21.7. The van der Waals surface area contributed by atoms with E-state index < -0.39 is 18.5 Å². The van der Waals surface area contributed by atoms with Gasteiger partial charge in [0.1, 0.15) is 19.0 Å². The number of nitrogens with one attached hydrogen (secondary N) is 1. The van der Waals surface area contributed by atoms with E-state index in [1.165, 1.54) is 0 Å². The predicted molar refractivity (Wildman–Crippen MR) is 64.7 cm³/mol. The van der Waals surface area contributed by atoms with E-state index >= 15 is 0 Å². The van der Waals surface area contributed by atoms with E-state index in [0.29, 0.717) is 18.0 Å². The van der Waals surface area contributed by atoms with Crippen LogP contribution in [0.15, 0.2) is 24.3 Å². The van der Waals surface area contributed by atoms with E-state index in [2.05, 4.69) is 10.1 Å². The summed E-state index contributed by atoms with van der Waals surface area (Å²) in [7, 11) is 0. The summed E-state index contributed by atoms with van der Waals surface area (Å²) >= 11 is 0. The summed E-state index contributed by atoms with van der Waals surface area (Å²) in [6.07, 6.45) is 0. The third-order valence-electron chi connectivity index (χ3n) is 1.92. The molecule has 0 aliphatic heterocycles. The number of rotatable bonds is 7. The van der Waals surface area contributed by atoms with E-state index in [9.17, 15) is 9.59 Å².